The van der Waals surface area contributed by atoms with Crippen LogP contribution >= 0.6 is 22.7 Å². The molecule has 114 valence electrons. The first-order chi connectivity index (χ1) is 10.2. The molecule has 5 nitrogen and oxygen atoms in total. The molecule has 2 aromatic rings. The molecular formula is C14H20N4OS2. The molecule has 0 N–H and O–H groups in total. The van der Waals surface area contributed by atoms with Crippen molar-refractivity contribution in [3.63, 3.8) is 0 Å². The van der Waals surface area contributed by atoms with Gasteiger partial charge in [-0.05, 0) is 12.8 Å². The van der Waals surface area contributed by atoms with Crippen LogP contribution in [-0.4, -0.2) is 34.9 Å². The molecule has 1 aliphatic heterocycles. The summed E-state index contributed by atoms with van der Waals surface area (Å²) in [4.78, 5) is 6.51. The summed E-state index contributed by atoms with van der Waals surface area (Å²) in [5.41, 5.74) is 0. The average Bonchev–Trinajstić information content (AvgIpc) is 3.17. The molecule has 0 aliphatic carbocycles. The smallest absolute Gasteiger partial charge is 0.273 e. The minimum atomic E-state index is 0.449. The zero-order valence-corrected chi connectivity index (χ0v) is 14.0. The highest BCUT2D eigenvalue weighted by Crippen LogP contribution is 2.29. The van der Waals surface area contributed by atoms with E-state index in [1.807, 2.05) is 5.38 Å². The van der Waals surface area contributed by atoms with Crippen LogP contribution in [0, 0.1) is 5.92 Å². The lowest BCUT2D eigenvalue weighted by Crippen LogP contribution is -2.37. The van der Waals surface area contributed by atoms with E-state index in [0.717, 1.165) is 35.0 Å². The molecule has 21 heavy (non-hydrogen) atoms. The van der Waals surface area contributed by atoms with Gasteiger partial charge in [-0.1, -0.05) is 36.5 Å². The molecule has 2 aromatic heterocycles. The zero-order valence-electron chi connectivity index (χ0n) is 12.4. The fourth-order valence-corrected chi connectivity index (χ4v) is 3.81. The second kappa shape index (κ2) is 6.70. The second-order valence-corrected chi connectivity index (χ2v) is 7.49. The number of anilines is 1. The Morgan fingerprint density at radius 1 is 1.43 bits per heavy atom. The van der Waals surface area contributed by atoms with Gasteiger partial charge in [0.15, 0.2) is 0 Å². The highest BCUT2D eigenvalue weighted by Gasteiger charge is 2.23. The van der Waals surface area contributed by atoms with Crippen LogP contribution in [-0.2, 0) is 0 Å². The predicted molar refractivity (Wildman–Crippen MR) is 86.5 cm³/mol. The maximum atomic E-state index is 5.76. The summed E-state index contributed by atoms with van der Waals surface area (Å²) in [6.07, 6.45) is 4.17. The molecule has 1 unspecified atom stereocenters. The SMILES string of the molecule is CC(C)c1nnc(N2CCCC(COc3nccs3)C2)s1. The third kappa shape index (κ3) is 3.71. The van der Waals surface area contributed by atoms with E-state index in [1.165, 1.54) is 12.8 Å². The van der Waals surface area contributed by atoms with Crippen molar-refractivity contribution in [2.24, 2.45) is 5.92 Å². The van der Waals surface area contributed by atoms with Gasteiger partial charge in [-0.15, -0.1) is 10.2 Å². The van der Waals surface area contributed by atoms with Gasteiger partial charge in [-0.25, -0.2) is 4.98 Å². The van der Waals surface area contributed by atoms with E-state index in [1.54, 1.807) is 28.9 Å². The molecule has 0 radical (unpaired) electrons. The molecule has 1 aliphatic rings. The third-order valence-electron chi connectivity index (χ3n) is 3.57. The Labute approximate surface area is 133 Å². The number of thiazole rings is 1. The molecule has 1 saturated heterocycles. The number of rotatable bonds is 5. The number of aromatic nitrogens is 3. The van der Waals surface area contributed by atoms with E-state index >= 15 is 0 Å². The van der Waals surface area contributed by atoms with Crippen LogP contribution in [0.25, 0.3) is 0 Å². The Balaban J connectivity index is 1.57. The largest absolute Gasteiger partial charge is 0.470 e. The first-order valence-electron chi connectivity index (χ1n) is 7.33. The normalized spacial score (nSPS) is 19.2. The highest BCUT2D eigenvalue weighted by atomic mass is 32.1. The number of hydrogen-bond acceptors (Lipinski definition) is 7. The molecule has 3 rings (SSSR count). The van der Waals surface area contributed by atoms with Crippen LogP contribution in [0.2, 0.25) is 0 Å². The highest BCUT2D eigenvalue weighted by molar-refractivity contribution is 7.15. The maximum Gasteiger partial charge on any atom is 0.273 e. The number of nitrogens with zero attached hydrogens (tertiary/aromatic N) is 4. The van der Waals surface area contributed by atoms with Gasteiger partial charge < -0.3 is 9.64 Å². The lowest BCUT2D eigenvalue weighted by Gasteiger charge is -2.31. The van der Waals surface area contributed by atoms with Crippen molar-refractivity contribution in [2.75, 3.05) is 24.6 Å². The van der Waals surface area contributed by atoms with Gasteiger partial charge in [-0.3, -0.25) is 0 Å². The van der Waals surface area contributed by atoms with Crippen LogP contribution in [0.4, 0.5) is 5.13 Å². The maximum absolute atomic E-state index is 5.76. The zero-order chi connectivity index (χ0) is 14.7. The number of piperidine rings is 1. The minimum Gasteiger partial charge on any atom is -0.470 e. The standard InChI is InChI=1S/C14H20N4OS2/c1-10(2)12-16-17-13(21-12)18-6-3-4-11(8-18)9-19-14-15-5-7-20-14/h5,7,10-11H,3-4,6,8-9H2,1-2H3. The molecule has 0 spiro atoms. The van der Waals surface area contributed by atoms with Crippen molar-refractivity contribution in [3.05, 3.63) is 16.6 Å². The van der Waals surface area contributed by atoms with E-state index in [4.69, 9.17) is 4.74 Å². The third-order valence-corrected chi connectivity index (χ3v) is 5.53. The van der Waals surface area contributed by atoms with Crippen LogP contribution in [0.5, 0.6) is 5.19 Å². The van der Waals surface area contributed by atoms with Gasteiger partial charge in [0.05, 0.1) is 6.61 Å². The Bertz CT molecular complexity index is 555. The summed E-state index contributed by atoms with van der Waals surface area (Å²) >= 11 is 3.27. The van der Waals surface area contributed by atoms with Gasteiger partial charge in [0.25, 0.3) is 5.19 Å². The first-order valence-corrected chi connectivity index (χ1v) is 9.02. The molecule has 1 fully saturated rings. The van der Waals surface area contributed by atoms with Crippen LogP contribution in [0.1, 0.15) is 37.6 Å². The van der Waals surface area contributed by atoms with Crippen molar-refractivity contribution in [1.29, 1.82) is 0 Å². The molecule has 0 amide bonds. The van der Waals surface area contributed by atoms with Crippen LogP contribution in [0.3, 0.4) is 0 Å². The fourth-order valence-electron chi connectivity index (χ4n) is 2.43. The summed E-state index contributed by atoms with van der Waals surface area (Å²) in [5.74, 6) is 0.985. The van der Waals surface area contributed by atoms with Gasteiger partial charge >= 0.3 is 0 Å². The van der Waals surface area contributed by atoms with Crippen LogP contribution in [0.15, 0.2) is 11.6 Å². The molecule has 1 atom stereocenters. The lowest BCUT2D eigenvalue weighted by molar-refractivity contribution is 0.228. The van der Waals surface area contributed by atoms with Crippen molar-refractivity contribution in [3.8, 4) is 5.19 Å². The molecule has 3 heterocycles. The topological polar surface area (TPSA) is 51.1 Å². The molecule has 0 saturated carbocycles. The number of ether oxygens (including phenoxy) is 1. The summed E-state index contributed by atoms with van der Waals surface area (Å²) < 4.78 is 5.76. The molecule has 0 aromatic carbocycles. The van der Waals surface area contributed by atoms with Gasteiger partial charge in [0.2, 0.25) is 5.13 Å². The summed E-state index contributed by atoms with van der Waals surface area (Å²) in [6, 6.07) is 0. The molecule has 7 heteroatoms. The average molecular weight is 324 g/mol. The van der Waals surface area contributed by atoms with Crippen LogP contribution < -0.4 is 9.64 Å². The Morgan fingerprint density at radius 2 is 2.33 bits per heavy atom. The van der Waals surface area contributed by atoms with E-state index in [2.05, 4.69) is 33.9 Å². The van der Waals surface area contributed by atoms with Gasteiger partial charge in [0.1, 0.15) is 5.01 Å². The Morgan fingerprint density at radius 3 is 3.05 bits per heavy atom. The van der Waals surface area contributed by atoms with Gasteiger partial charge in [0, 0.05) is 36.5 Å². The van der Waals surface area contributed by atoms with Gasteiger partial charge in [-0.2, -0.15) is 0 Å². The summed E-state index contributed by atoms with van der Waals surface area (Å²) in [6.45, 7) is 7.12. The lowest BCUT2D eigenvalue weighted by atomic mass is 9.99. The van der Waals surface area contributed by atoms with E-state index in [0.29, 0.717) is 11.8 Å². The van der Waals surface area contributed by atoms with Crippen molar-refractivity contribution in [2.45, 2.75) is 32.6 Å². The quantitative estimate of drug-likeness (QED) is 0.843. The first kappa shape index (κ1) is 14.7. The second-order valence-electron chi connectivity index (χ2n) is 5.64. The minimum absolute atomic E-state index is 0.449. The fraction of sp³-hybridized carbons (Fsp3) is 0.643. The van der Waals surface area contributed by atoms with Crippen molar-refractivity contribution >= 4 is 27.8 Å². The molecular weight excluding hydrogens is 304 g/mol. The van der Waals surface area contributed by atoms with E-state index < -0.39 is 0 Å². The number of hydrogen-bond donors (Lipinski definition) is 0. The summed E-state index contributed by atoms with van der Waals surface area (Å²) in [5, 5.41) is 13.5. The summed E-state index contributed by atoms with van der Waals surface area (Å²) in [7, 11) is 0. The Hall–Kier alpha value is -1.21. The van der Waals surface area contributed by atoms with Crippen molar-refractivity contribution < 1.29 is 4.74 Å². The predicted octanol–water partition coefficient (Wildman–Crippen LogP) is 3.41. The van der Waals surface area contributed by atoms with E-state index in [9.17, 15) is 0 Å². The van der Waals surface area contributed by atoms with E-state index in [-0.39, 0.29) is 0 Å². The Kier molecular flexibility index (Phi) is 4.70. The monoisotopic (exact) mass is 324 g/mol. The molecule has 0 bridgehead atoms. The van der Waals surface area contributed by atoms with Crippen molar-refractivity contribution in [1.82, 2.24) is 15.2 Å².